The van der Waals surface area contributed by atoms with Crippen molar-refractivity contribution in [3.05, 3.63) is 84.0 Å². The second-order valence-corrected chi connectivity index (χ2v) is 7.85. The summed E-state index contributed by atoms with van der Waals surface area (Å²) in [5.41, 5.74) is 1.89. The summed E-state index contributed by atoms with van der Waals surface area (Å²) in [6.45, 7) is 1.07. The summed E-state index contributed by atoms with van der Waals surface area (Å²) in [6.07, 6.45) is 7.91. The van der Waals surface area contributed by atoms with Crippen LogP contribution in [0.1, 0.15) is 11.0 Å². The Morgan fingerprint density at radius 1 is 1.13 bits per heavy atom. The van der Waals surface area contributed by atoms with E-state index in [1.165, 1.54) is 0 Å². The van der Waals surface area contributed by atoms with Gasteiger partial charge in [-0.2, -0.15) is 0 Å². The smallest absolute Gasteiger partial charge is 0.176 e. The lowest BCUT2D eigenvalue weighted by molar-refractivity contribution is -0.0847. The van der Waals surface area contributed by atoms with Crippen molar-refractivity contribution in [1.82, 2.24) is 19.5 Å². The van der Waals surface area contributed by atoms with E-state index in [1.54, 1.807) is 36.4 Å². The van der Waals surface area contributed by atoms with Crippen molar-refractivity contribution in [2.45, 2.75) is 25.0 Å². The van der Waals surface area contributed by atoms with E-state index in [-0.39, 0.29) is 18.5 Å². The van der Waals surface area contributed by atoms with Crippen LogP contribution in [0, 0.1) is 0 Å². The van der Waals surface area contributed by atoms with E-state index in [2.05, 4.69) is 21.0 Å². The molecule has 3 atom stereocenters. The molecule has 0 spiro atoms. The molecule has 7 nitrogen and oxygen atoms in total. The average molecular weight is 420 g/mol. The zero-order valence-electron chi connectivity index (χ0n) is 16.1. The lowest BCUT2D eigenvalue weighted by Gasteiger charge is -2.23. The van der Waals surface area contributed by atoms with E-state index in [0.717, 1.165) is 21.9 Å². The number of hydrogen-bond donors (Lipinski definition) is 0. The van der Waals surface area contributed by atoms with E-state index in [9.17, 15) is 0 Å². The van der Waals surface area contributed by atoms with Gasteiger partial charge in [0.2, 0.25) is 0 Å². The van der Waals surface area contributed by atoms with Gasteiger partial charge in [-0.05, 0) is 41.8 Å². The Hall–Kier alpha value is -3.07. The van der Waals surface area contributed by atoms with E-state index in [4.69, 9.17) is 14.2 Å². The molecule has 152 valence electrons. The fourth-order valence-corrected chi connectivity index (χ4v) is 4.19. The molecular weight excluding hydrogens is 400 g/mol. The van der Waals surface area contributed by atoms with Crippen LogP contribution in [0.4, 0.5) is 0 Å². The van der Waals surface area contributed by atoms with Crippen LogP contribution in [0.2, 0.25) is 0 Å². The lowest BCUT2D eigenvalue weighted by Crippen LogP contribution is -2.26. The molecule has 5 rings (SSSR count). The Morgan fingerprint density at radius 2 is 2.07 bits per heavy atom. The quantitative estimate of drug-likeness (QED) is 0.451. The van der Waals surface area contributed by atoms with Crippen molar-refractivity contribution in [3.8, 4) is 17.0 Å². The summed E-state index contributed by atoms with van der Waals surface area (Å²) in [5, 5.41) is 2.04. The molecule has 1 aliphatic heterocycles. The van der Waals surface area contributed by atoms with Crippen LogP contribution in [-0.4, -0.2) is 38.5 Å². The number of rotatable bonds is 7. The van der Waals surface area contributed by atoms with Crippen LogP contribution < -0.4 is 4.74 Å². The molecule has 0 radical (unpaired) electrons. The zero-order valence-corrected chi connectivity index (χ0v) is 16.9. The zero-order chi connectivity index (χ0) is 20.2. The fourth-order valence-electron chi connectivity index (χ4n) is 3.38. The average Bonchev–Trinajstić information content (AvgIpc) is 3.57. The Kier molecular flexibility index (Phi) is 5.52. The number of benzene rings is 1. The first-order chi connectivity index (χ1) is 14.8. The van der Waals surface area contributed by atoms with Gasteiger partial charge < -0.3 is 18.8 Å². The van der Waals surface area contributed by atoms with Gasteiger partial charge in [-0.15, -0.1) is 11.3 Å². The summed E-state index contributed by atoms with van der Waals surface area (Å²) < 4.78 is 20.4. The molecule has 0 aliphatic carbocycles. The minimum absolute atomic E-state index is 0.196. The van der Waals surface area contributed by atoms with Gasteiger partial charge in [0.05, 0.1) is 25.2 Å². The molecule has 4 aromatic rings. The van der Waals surface area contributed by atoms with Crippen LogP contribution >= 0.6 is 11.3 Å². The third kappa shape index (κ3) is 4.25. The highest BCUT2D eigenvalue weighted by Crippen LogP contribution is 2.33. The maximum Gasteiger partial charge on any atom is 0.176 e. The first kappa shape index (κ1) is 18.9. The first-order valence-electron chi connectivity index (χ1n) is 9.64. The molecule has 0 N–H and O–H groups in total. The van der Waals surface area contributed by atoms with Crippen LogP contribution in [0.3, 0.4) is 0 Å². The predicted octanol–water partition coefficient (Wildman–Crippen LogP) is 3.96. The number of thiophene rings is 1. The molecule has 30 heavy (non-hydrogen) atoms. The fraction of sp³-hybridized carbons (Fsp3) is 0.227. The second-order valence-electron chi connectivity index (χ2n) is 6.87. The van der Waals surface area contributed by atoms with Crippen LogP contribution in [-0.2, 0) is 16.0 Å². The third-order valence-electron chi connectivity index (χ3n) is 4.85. The molecule has 0 bridgehead atoms. The molecule has 1 fully saturated rings. The number of ether oxygens (including phenoxy) is 3. The first-order valence-corrected chi connectivity index (χ1v) is 10.5. The van der Waals surface area contributed by atoms with Gasteiger partial charge in [0.1, 0.15) is 18.2 Å². The topological polar surface area (TPSA) is 71.3 Å². The second kappa shape index (κ2) is 8.74. The van der Waals surface area contributed by atoms with Crippen molar-refractivity contribution in [2.24, 2.45) is 0 Å². The third-order valence-corrected chi connectivity index (χ3v) is 5.78. The molecule has 0 saturated carbocycles. The highest BCUT2D eigenvalue weighted by molar-refractivity contribution is 7.10. The molecule has 3 unspecified atom stereocenters. The Bertz CT molecular complexity index is 1040. The molecule has 1 aliphatic rings. The summed E-state index contributed by atoms with van der Waals surface area (Å²) in [6, 6.07) is 13.9. The predicted molar refractivity (Wildman–Crippen MR) is 112 cm³/mol. The van der Waals surface area contributed by atoms with Gasteiger partial charge in [-0.3, -0.25) is 0 Å². The SMILES string of the molecule is c1csc(C(Oc2ccc(-c3ccncn3)cc2)C2COC(Cn3ccnc3)O2)c1. The van der Waals surface area contributed by atoms with Gasteiger partial charge in [-0.25, -0.2) is 15.0 Å². The number of aromatic nitrogens is 4. The maximum absolute atomic E-state index is 6.37. The van der Waals surface area contributed by atoms with Gasteiger partial charge in [0, 0.05) is 29.0 Å². The highest BCUT2D eigenvalue weighted by atomic mass is 32.1. The van der Waals surface area contributed by atoms with Crippen molar-refractivity contribution in [2.75, 3.05) is 6.61 Å². The number of hydrogen-bond acceptors (Lipinski definition) is 7. The number of nitrogens with zero attached hydrogens (tertiary/aromatic N) is 4. The van der Waals surface area contributed by atoms with Gasteiger partial charge in [0.25, 0.3) is 0 Å². The summed E-state index contributed by atoms with van der Waals surface area (Å²) in [4.78, 5) is 13.4. The van der Waals surface area contributed by atoms with E-state index < -0.39 is 0 Å². The Balaban J connectivity index is 1.30. The van der Waals surface area contributed by atoms with Gasteiger partial charge in [0.15, 0.2) is 12.4 Å². The summed E-state index contributed by atoms with van der Waals surface area (Å²) in [7, 11) is 0. The molecule has 1 saturated heterocycles. The standard InChI is InChI=1S/C22H20N4O3S/c1-2-20(30-11-1)22(19-13-27-21(29-19)12-26-10-9-24-15-26)28-17-5-3-16(4-6-17)18-7-8-23-14-25-18/h1-11,14-15,19,21-22H,12-13H2. The van der Waals surface area contributed by atoms with E-state index in [0.29, 0.717) is 13.2 Å². The molecule has 4 heterocycles. The largest absolute Gasteiger partial charge is 0.482 e. The molecular formula is C22H20N4O3S. The summed E-state index contributed by atoms with van der Waals surface area (Å²) in [5.74, 6) is 0.771. The van der Waals surface area contributed by atoms with Gasteiger partial charge in [-0.1, -0.05) is 6.07 Å². The summed E-state index contributed by atoms with van der Waals surface area (Å²) >= 11 is 1.65. The van der Waals surface area contributed by atoms with Crippen LogP contribution in [0.15, 0.2) is 79.1 Å². The van der Waals surface area contributed by atoms with Crippen LogP contribution in [0.25, 0.3) is 11.3 Å². The highest BCUT2D eigenvalue weighted by Gasteiger charge is 2.35. The van der Waals surface area contributed by atoms with Crippen molar-refractivity contribution >= 4 is 11.3 Å². The van der Waals surface area contributed by atoms with Crippen molar-refractivity contribution in [3.63, 3.8) is 0 Å². The minimum atomic E-state index is -0.324. The lowest BCUT2D eigenvalue weighted by atomic mass is 10.1. The van der Waals surface area contributed by atoms with Gasteiger partial charge >= 0.3 is 0 Å². The van der Waals surface area contributed by atoms with Crippen LogP contribution in [0.5, 0.6) is 5.75 Å². The molecule has 1 aromatic carbocycles. The van der Waals surface area contributed by atoms with Crippen molar-refractivity contribution in [1.29, 1.82) is 0 Å². The molecule has 3 aromatic heterocycles. The van der Waals surface area contributed by atoms with Crippen molar-refractivity contribution < 1.29 is 14.2 Å². The minimum Gasteiger partial charge on any atom is -0.482 e. The normalized spacial score (nSPS) is 19.6. The number of imidazole rings is 1. The van der Waals surface area contributed by atoms with E-state index >= 15 is 0 Å². The molecule has 0 amide bonds. The maximum atomic E-state index is 6.37. The Labute approximate surface area is 177 Å². The Morgan fingerprint density at radius 3 is 2.80 bits per heavy atom. The monoisotopic (exact) mass is 420 g/mol. The van der Waals surface area contributed by atoms with E-state index in [1.807, 2.05) is 52.5 Å². The molecule has 8 heteroatoms.